The van der Waals surface area contributed by atoms with E-state index >= 15 is 0 Å². The van der Waals surface area contributed by atoms with E-state index in [2.05, 4.69) is 45.0 Å². The van der Waals surface area contributed by atoms with E-state index in [0.29, 0.717) is 12.1 Å². The number of rotatable bonds is 6. The monoisotopic (exact) mass is 309 g/mol. The Kier molecular flexibility index (Phi) is 6.06. The van der Waals surface area contributed by atoms with Gasteiger partial charge in [-0.05, 0) is 38.0 Å². The molecule has 0 aromatic carbocycles. The van der Waals surface area contributed by atoms with Crippen molar-refractivity contribution in [3.63, 3.8) is 0 Å². The molecule has 0 spiro atoms. The summed E-state index contributed by atoms with van der Waals surface area (Å²) in [5, 5.41) is 4.74. The zero-order chi connectivity index (χ0) is 15.4. The summed E-state index contributed by atoms with van der Waals surface area (Å²) in [5.41, 5.74) is 1.28. The third kappa shape index (κ3) is 4.43. The molecule has 0 atom stereocenters. The molecule has 0 amide bonds. The molecular formula is C17H31N3S. The molecule has 1 N–H and O–H groups in total. The second-order valence-corrected chi connectivity index (χ2v) is 7.84. The highest BCUT2D eigenvalue weighted by Gasteiger charge is 2.24. The summed E-state index contributed by atoms with van der Waals surface area (Å²) in [4.78, 5) is 8.76. The van der Waals surface area contributed by atoms with Crippen LogP contribution in [0.5, 0.6) is 0 Å². The number of nitrogens with one attached hydrogen (secondary N) is 1. The van der Waals surface area contributed by atoms with Gasteiger partial charge in [-0.1, -0.05) is 27.7 Å². The van der Waals surface area contributed by atoms with Gasteiger partial charge in [-0.2, -0.15) is 0 Å². The third-order valence-corrected chi connectivity index (χ3v) is 5.80. The van der Waals surface area contributed by atoms with Gasteiger partial charge in [0.2, 0.25) is 0 Å². The maximum atomic E-state index is 4.91. The predicted molar refractivity (Wildman–Crippen MR) is 93.3 cm³/mol. The van der Waals surface area contributed by atoms with Crippen LogP contribution in [0.3, 0.4) is 0 Å². The Morgan fingerprint density at radius 2 is 1.95 bits per heavy atom. The number of hydrogen-bond donors (Lipinski definition) is 1. The number of aromatic nitrogens is 1. The van der Waals surface area contributed by atoms with E-state index in [-0.39, 0.29) is 0 Å². The predicted octanol–water partition coefficient (Wildman–Crippen LogP) is 4.22. The van der Waals surface area contributed by atoms with Crippen molar-refractivity contribution in [1.82, 2.24) is 10.3 Å². The fraction of sp³-hybridized carbons (Fsp3) is 0.824. The Balaban J connectivity index is 2.05. The highest BCUT2D eigenvalue weighted by Crippen LogP contribution is 2.33. The molecule has 0 aliphatic heterocycles. The van der Waals surface area contributed by atoms with E-state index in [0.717, 1.165) is 18.9 Å². The van der Waals surface area contributed by atoms with Crippen LogP contribution >= 0.6 is 11.3 Å². The standard InChI is InChI=1S/C17H31N3S/c1-6-15-16(11-18-12(2)3)21-17(19-15)20(5)14-9-7-13(4)8-10-14/h12-14,18H,6-11H2,1-5H3. The number of aryl methyl sites for hydroxylation is 1. The minimum Gasteiger partial charge on any atom is -0.348 e. The van der Waals surface area contributed by atoms with E-state index in [1.807, 2.05) is 11.3 Å². The van der Waals surface area contributed by atoms with E-state index in [1.165, 1.54) is 41.4 Å². The summed E-state index contributed by atoms with van der Waals surface area (Å²) in [6, 6.07) is 1.21. The largest absolute Gasteiger partial charge is 0.348 e. The van der Waals surface area contributed by atoms with E-state index in [4.69, 9.17) is 4.98 Å². The molecule has 1 aliphatic carbocycles. The van der Waals surface area contributed by atoms with E-state index < -0.39 is 0 Å². The minimum absolute atomic E-state index is 0.526. The van der Waals surface area contributed by atoms with Crippen LogP contribution in [0.1, 0.15) is 63.9 Å². The van der Waals surface area contributed by atoms with Gasteiger partial charge in [0.1, 0.15) is 0 Å². The summed E-state index contributed by atoms with van der Waals surface area (Å²) in [5.74, 6) is 0.906. The second-order valence-electron chi connectivity index (χ2n) is 6.78. The maximum absolute atomic E-state index is 4.91. The first-order chi connectivity index (χ1) is 10.0. The average molecular weight is 310 g/mol. The molecule has 0 bridgehead atoms. The van der Waals surface area contributed by atoms with Gasteiger partial charge in [-0.3, -0.25) is 0 Å². The lowest BCUT2D eigenvalue weighted by Gasteiger charge is -2.33. The van der Waals surface area contributed by atoms with Gasteiger partial charge in [0.15, 0.2) is 5.13 Å². The average Bonchev–Trinajstić information content (AvgIpc) is 2.88. The summed E-state index contributed by atoms with van der Waals surface area (Å²) in [7, 11) is 2.23. The maximum Gasteiger partial charge on any atom is 0.185 e. The molecule has 1 aromatic rings. The van der Waals surface area contributed by atoms with Gasteiger partial charge >= 0.3 is 0 Å². The number of hydrogen-bond acceptors (Lipinski definition) is 4. The highest BCUT2D eigenvalue weighted by molar-refractivity contribution is 7.15. The fourth-order valence-electron chi connectivity index (χ4n) is 3.02. The van der Waals surface area contributed by atoms with Crippen molar-refractivity contribution in [2.24, 2.45) is 5.92 Å². The molecule has 0 radical (unpaired) electrons. The molecule has 1 aromatic heterocycles. The van der Waals surface area contributed by atoms with Crippen molar-refractivity contribution < 1.29 is 0 Å². The number of nitrogens with zero attached hydrogens (tertiary/aromatic N) is 2. The van der Waals surface area contributed by atoms with Gasteiger partial charge in [-0.15, -0.1) is 11.3 Å². The van der Waals surface area contributed by atoms with Crippen LogP contribution in [0.15, 0.2) is 0 Å². The van der Waals surface area contributed by atoms with E-state index in [1.54, 1.807) is 0 Å². The minimum atomic E-state index is 0.526. The molecule has 1 fully saturated rings. The van der Waals surface area contributed by atoms with Gasteiger partial charge in [-0.25, -0.2) is 4.98 Å². The Morgan fingerprint density at radius 3 is 2.52 bits per heavy atom. The van der Waals surface area contributed by atoms with Crippen LogP contribution in [-0.2, 0) is 13.0 Å². The zero-order valence-corrected chi connectivity index (χ0v) is 15.1. The Bertz CT molecular complexity index is 433. The van der Waals surface area contributed by atoms with E-state index in [9.17, 15) is 0 Å². The van der Waals surface area contributed by atoms with Crippen molar-refractivity contribution in [2.75, 3.05) is 11.9 Å². The molecule has 1 heterocycles. The van der Waals surface area contributed by atoms with Crippen LogP contribution in [0.2, 0.25) is 0 Å². The van der Waals surface area contributed by atoms with Gasteiger partial charge in [0.05, 0.1) is 5.69 Å². The molecule has 21 heavy (non-hydrogen) atoms. The van der Waals surface area contributed by atoms with Crippen molar-refractivity contribution in [2.45, 2.75) is 78.4 Å². The lowest BCUT2D eigenvalue weighted by atomic mass is 9.87. The molecule has 2 rings (SSSR count). The van der Waals surface area contributed by atoms with Gasteiger partial charge < -0.3 is 10.2 Å². The molecular weight excluding hydrogens is 278 g/mol. The Labute approximate surface area is 134 Å². The zero-order valence-electron chi connectivity index (χ0n) is 14.3. The molecule has 1 aliphatic rings. The molecule has 1 saturated carbocycles. The third-order valence-electron chi connectivity index (χ3n) is 4.61. The van der Waals surface area contributed by atoms with Crippen LogP contribution in [0.25, 0.3) is 0 Å². The topological polar surface area (TPSA) is 28.2 Å². The van der Waals surface area contributed by atoms with Gasteiger partial charge in [0, 0.05) is 30.6 Å². The molecule has 0 saturated heterocycles. The van der Waals surface area contributed by atoms with Crippen LogP contribution in [0, 0.1) is 5.92 Å². The van der Waals surface area contributed by atoms with Crippen molar-refractivity contribution >= 4 is 16.5 Å². The van der Waals surface area contributed by atoms with Crippen LogP contribution in [0.4, 0.5) is 5.13 Å². The number of anilines is 1. The van der Waals surface area contributed by atoms with Crippen molar-refractivity contribution in [1.29, 1.82) is 0 Å². The number of thiazole rings is 1. The smallest absolute Gasteiger partial charge is 0.185 e. The first-order valence-corrected chi connectivity index (χ1v) is 9.27. The summed E-state index contributed by atoms with van der Waals surface area (Å²) >= 11 is 1.88. The summed E-state index contributed by atoms with van der Waals surface area (Å²) in [6.07, 6.45) is 6.39. The molecule has 120 valence electrons. The SMILES string of the molecule is CCc1nc(N(C)C2CCC(C)CC2)sc1CNC(C)C. The summed E-state index contributed by atoms with van der Waals surface area (Å²) < 4.78 is 0. The first kappa shape index (κ1) is 16.8. The van der Waals surface area contributed by atoms with Crippen LogP contribution < -0.4 is 10.2 Å². The Morgan fingerprint density at radius 1 is 1.29 bits per heavy atom. The first-order valence-electron chi connectivity index (χ1n) is 8.46. The molecule has 0 unspecified atom stereocenters. The quantitative estimate of drug-likeness (QED) is 0.853. The van der Waals surface area contributed by atoms with Gasteiger partial charge in [0.25, 0.3) is 0 Å². The van der Waals surface area contributed by atoms with Crippen molar-refractivity contribution in [3.8, 4) is 0 Å². The van der Waals surface area contributed by atoms with Crippen molar-refractivity contribution in [3.05, 3.63) is 10.6 Å². The lowest BCUT2D eigenvalue weighted by Crippen LogP contribution is -2.34. The summed E-state index contributed by atoms with van der Waals surface area (Å²) in [6.45, 7) is 9.93. The molecule has 3 nitrogen and oxygen atoms in total. The second kappa shape index (κ2) is 7.59. The lowest BCUT2D eigenvalue weighted by molar-refractivity contribution is 0.340. The fourth-order valence-corrected chi connectivity index (χ4v) is 4.15. The normalized spacial score (nSPS) is 22.8. The molecule has 4 heteroatoms. The van der Waals surface area contributed by atoms with Crippen LogP contribution in [-0.4, -0.2) is 24.1 Å². The highest BCUT2D eigenvalue weighted by atomic mass is 32.1. The Hall–Kier alpha value is -0.610.